The van der Waals surface area contributed by atoms with E-state index >= 15 is 0 Å². The molecule has 0 unspecified atom stereocenters. The highest BCUT2D eigenvalue weighted by molar-refractivity contribution is 7.85. The Balaban J connectivity index is 0.000000262. The fourth-order valence-corrected chi connectivity index (χ4v) is 2.10. The maximum absolute atomic E-state index is 9.83. The molecule has 0 atom stereocenters. The molecule has 1 aliphatic rings. The minimum atomic E-state index is -4.07. The normalized spacial score (nSPS) is 19.2. The molecule has 4 nitrogen and oxygen atoms in total. The Hall–Kier alpha value is -0.390. The molecular formula is C10H21NO3S. The van der Waals surface area contributed by atoms with Crippen molar-refractivity contribution in [1.29, 1.82) is 0 Å². The van der Waals surface area contributed by atoms with Gasteiger partial charge in [0.15, 0.2) is 0 Å². The Labute approximate surface area is 92.9 Å². The lowest BCUT2D eigenvalue weighted by Gasteiger charge is -2.21. The van der Waals surface area contributed by atoms with E-state index < -0.39 is 15.9 Å². The number of hydrogen-bond acceptors (Lipinski definition) is 3. The molecule has 0 amide bonds. The molecule has 0 spiro atoms. The first kappa shape index (κ1) is 14.6. The first-order valence-corrected chi connectivity index (χ1v) is 6.60. The minimum absolute atomic E-state index is 0.375. The lowest BCUT2D eigenvalue weighted by molar-refractivity contribution is -0.877. The van der Waals surface area contributed by atoms with Gasteiger partial charge >= 0.3 is 0 Å². The zero-order chi connectivity index (χ0) is 12.1. The van der Waals surface area contributed by atoms with Crippen molar-refractivity contribution in [1.82, 2.24) is 0 Å². The summed E-state index contributed by atoms with van der Waals surface area (Å²) >= 11 is 0. The Kier molecular flexibility index (Phi) is 5.48. The second-order valence-corrected chi connectivity index (χ2v) is 6.15. The molecule has 0 bridgehead atoms. The van der Waals surface area contributed by atoms with Gasteiger partial charge in [0.05, 0.1) is 43.1 Å². The van der Waals surface area contributed by atoms with Gasteiger partial charge in [-0.05, 0) is 6.92 Å². The molecule has 0 aromatic rings. The minimum Gasteiger partial charge on any atom is -0.748 e. The molecule has 0 saturated carbocycles. The number of nitrogens with zero attached hydrogens (tertiary/aromatic N) is 1. The summed E-state index contributed by atoms with van der Waals surface area (Å²) in [5.74, 6) is -0.451. The van der Waals surface area contributed by atoms with E-state index in [0.717, 1.165) is 0 Å². The number of likely N-dealkylation sites (tertiary alicyclic amines) is 1. The molecule has 15 heavy (non-hydrogen) atoms. The summed E-state index contributed by atoms with van der Waals surface area (Å²) in [5.41, 5.74) is 0.375. The highest BCUT2D eigenvalue weighted by Crippen LogP contribution is 2.11. The van der Waals surface area contributed by atoms with Crippen LogP contribution < -0.4 is 0 Å². The van der Waals surface area contributed by atoms with Crippen molar-refractivity contribution < 1.29 is 17.5 Å². The van der Waals surface area contributed by atoms with E-state index in [1.807, 2.05) is 0 Å². The summed E-state index contributed by atoms with van der Waals surface area (Å²) in [7, 11) is 0.524. The third kappa shape index (κ3) is 9.90. The Bertz CT molecular complexity index is 299. The summed E-state index contributed by atoms with van der Waals surface area (Å²) in [6.07, 6.45) is 2.88. The topological polar surface area (TPSA) is 57.2 Å². The van der Waals surface area contributed by atoms with Crippen LogP contribution in [-0.4, -0.2) is 50.4 Å². The Morgan fingerprint density at radius 2 is 1.73 bits per heavy atom. The molecule has 1 aliphatic heterocycles. The van der Waals surface area contributed by atoms with Gasteiger partial charge in [-0.15, -0.1) is 0 Å². The van der Waals surface area contributed by atoms with Gasteiger partial charge in [0.25, 0.3) is 0 Å². The van der Waals surface area contributed by atoms with E-state index in [0.29, 0.717) is 5.57 Å². The zero-order valence-corrected chi connectivity index (χ0v) is 10.6. The van der Waals surface area contributed by atoms with E-state index in [9.17, 15) is 13.0 Å². The third-order valence-electron chi connectivity index (χ3n) is 2.20. The summed E-state index contributed by atoms with van der Waals surface area (Å²) in [6, 6.07) is 0. The monoisotopic (exact) mass is 235 g/mol. The van der Waals surface area contributed by atoms with E-state index in [4.69, 9.17) is 0 Å². The van der Waals surface area contributed by atoms with E-state index in [1.165, 1.54) is 37.3 Å². The summed E-state index contributed by atoms with van der Waals surface area (Å²) in [6.45, 7) is 7.53. The highest BCUT2D eigenvalue weighted by Gasteiger charge is 2.19. The summed E-state index contributed by atoms with van der Waals surface area (Å²) < 4.78 is 30.7. The van der Waals surface area contributed by atoms with Gasteiger partial charge < -0.3 is 9.04 Å². The Morgan fingerprint density at radius 3 is 1.80 bits per heavy atom. The lowest BCUT2D eigenvalue weighted by atomic mass is 10.4. The number of rotatable bonds is 2. The standard InChI is InChI=1S/C6H14N.C4H8O3S/c1-7(2)5-3-4-6-7;1-4(2)3-8(5,6)7/h3-6H2,1-2H3;1,3H2,2H3,(H,5,6,7)/q+1;/p-1. The first-order chi connectivity index (χ1) is 6.62. The van der Waals surface area contributed by atoms with Gasteiger partial charge in [0.2, 0.25) is 0 Å². The van der Waals surface area contributed by atoms with Crippen LogP contribution in [0.3, 0.4) is 0 Å². The van der Waals surface area contributed by atoms with Crippen LogP contribution in [0, 0.1) is 0 Å². The average Bonchev–Trinajstić information content (AvgIpc) is 2.29. The second kappa shape index (κ2) is 5.63. The van der Waals surface area contributed by atoms with Crippen molar-refractivity contribution in [2.75, 3.05) is 32.9 Å². The van der Waals surface area contributed by atoms with Crippen LogP contribution in [0.5, 0.6) is 0 Å². The van der Waals surface area contributed by atoms with Crippen LogP contribution in [0.15, 0.2) is 12.2 Å². The maximum Gasteiger partial charge on any atom is 0.0984 e. The maximum atomic E-state index is 9.83. The van der Waals surface area contributed by atoms with E-state index in [2.05, 4.69) is 20.7 Å². The quantitative estimate of drug-likeness (QED) is 0.407. The van der Waals surface area contributed by atoms with Crippen molar-refractivity contribution in [2.45, 2.75) is 19.8 Å². The molecule has 1 fully saturated rings. The van der Waals surface area contributed by atoms with Crippen LogP contribution in [0.4, 0.5) is 0 Å². The van der Waals surface area contributed by atoms with Crippen molar-refractivity contribution in [2.24, 2.45) is 0 Å². The second-order valence-electron chi connectivity index (χ2n) is 4.75. The number of quaternary nitrogens is 1. The van der Waals surface area contributed by atoms with Crippen LogP contribution in [0.1, 0.15) is 19.8 Å². The van der Waals surface area contributed by atoms with Gasteiger partial charge in [0.1, 0.15) is 0 Å². The fourth-order valence-electron chi connectivity index (χ4n) is 1.49. The van der Waals surface area contributed by atoms with Crippen molar-refractivity contribution in [3.05, 3.63) is 12.2 Å². The molecule has 90 valence electrons. The van der Waals surface area contributed by atoms with Crippen LogP contribution in [-0.2, 0) is 10.1 Å². The smallest absolute Gasteiger partial charge is 0.0984 e. The van der Waals surface area contributed by atoms with Crippen LogP contribution in [0.25, 0.3) is 0 Å². The highest BCUT2D eigenvalue weighted by atomic mass is 32.2. The molecular weight excluding hydrogens is 214 g/mol. The molecule has 1 heterocycles. The average molecular weight is 235 g/mol. The van der Waals surface area contributed by atoms with E-state index in [1.54, 1.807) is 0 Å². The zero-order valence-electron chi connectivity index (χ0n) is 9.82. The summed E-state index contributed by atoms with van der Waals surface area (Å²) in [4.78, 5) is 0. The molecule has 5 heteroatoms. The van der Waals surface area contributed by atoms with Gasteiger partial charge in [-0.1, -0.05) is 12.2 Å². The van der Waals surface area contributed by atoms with Gasteiger partial charge in [-0.25, -0.2) is 8.42 Å². The van der Waals surface area contributed by atoms with Crippen molar-refractivity contribution >= 4 is 10.1 Å². The van der Waals surface area contributed by atoms with Crippen LogP contribution in [0.2, 0.25) is 0 Å². The van der Waals surface area contributed by atoms with Gasteiger partial charge in [-0.3, -0.25) is 0 Å². The molecule has 1 rings (SSSR count). The lowest BCUT2D eigenvalue weighted by Crippen LogP contribution is -2.35. The fraction of sp³-hybridized carbons (Fsp3) is 0.800. The third-order valence-corrected chi connectivity index (χ3v) is 3.05. The predicted molar refractivity (Wildman–Crippen MR) is 60.5 cm³/mol. The van der Waals surface area contributed by atoms with Gasteiger partial charge in [0, 0.05) is 12.8 Å². The molecule has 0 radical (unpaired) electrons. The number of hydrogen-bond donors (Lipinski definition) is 0. The molecule has 0 aromatic carbocycles. The molecule has 0 aliphatic carbocycles. The van der Waals surface area contributed by atoms with Crippen LogP contribution >= 0.6 is 0 Å². The summed E-state index contributed by atoms with van der Waals surface area (Å²) in [5, 5.41) is 0. The van der Waals surface area contributed by atoms with Crippen molar-refractivity contribution in [3.63, 3.8) is 0 Å². The molecule has 0 aromatic heterocycles. The largest absolute Gasteiger partial charge is 0.748 e. The molecule has 0 N–H and O–H groups in total. The van der Waals surface area contributed by atoms with Gasteiger partial charge in [-0.2, -0.15) is 0 Å². The SMILES string of the molecule is C=C(C)CS(=O)(=O)[O-].C[N+]1(C)CCCC1. The molecule has 1 saturated heterocycles. The Morgan fingerprint density at radius 1 is 1.33 bits per heavy atom. The van der Waals surface area contributed by atoms with E-state index in [-0.39, 0.29) is 0 Å². The first-order valence-electron chi connectivity index (χ1n) is 5.02. The van der Waals surface area contributed by atoms with Crippen molar-refractivity contribution in [3.8, 4) is 0 Å². The predicted octanol–water partition coefficient (Wildman–Crippen LogP) is 0.964.